The Morgan fingerprint density at radius 3 is 2.88 bits per heavy atom. The number of nitrogens with one attached hydrogen (secondary N) is 1. The molecule has 0 radical (unpaired) electrons. The second-order valence-corrected chi connectivity index (χ2v) is 5.72. The summed E-state index contributed by atoms with van der Waals surface area (Å²) in [5, 5.41) is 7.78. The Morgan fingerprint density at radius 2 is 2.12 bits per heavy atom. The average molecular weight is 357 g/mol. The fourth-order valence-corrected chi connectivity index (χ4v) is 2.55. The molecule has 0 unspecified atom stereocenters. The second kappa shape index (κ2) is 7.81. The van der Waals surface area contributed by atoms with Crippen LogP contribution in [0.5, 0.6) is 5.75 Å². The molecule has 0 bridgehead atoms. The summed E-state index contributed by atoms with van der Waals surface area (Å²) in [6.45, 7) is 0.972. The summed E-state index contributed by atoms with van der Waals surface area (Å²) < 4.78 is 6.96. The van der Waals surface area contributed by atoms with Crippen molar-refractivity contribution in [1.82, 2.24) is 20.1 Å². The van der Waals surface area contributed by atoms with Gasteiger partial charge in [0.25, 0.3) is 5.91 Å². The number of nitrogens with zero attached hydrogens (tertiary/aromatic N) is 3. The lowest BCUT2D eigenvalue weighted by atomic mass is 10.2. The molecule has 3 aromatic rings. The van der Waals surface area contributed by atoms with Gasteiger partial charge in [-0.25, -0.2) is 0 Å². The van der Waals surface area contributed by atoms with Crippen molar-refractivity contribution in [2.24, 2.45) is 0 Å². The predicted octanol–water partition coefficient (Wildman–Crippen LogP) is 3.04. The molecule has 0 fully saturated rings. The third-order valence-corrected chi connectivity index (χ3v) is 3.84. The van der Waals surface area contributed by atoms with Gasteiger partial charge in [0.1, 0.15) is 11.4 Å². The highest BCUT2D eigenvalue weighted by molar-refractivity contribution is 6.31. The average Bonchev–Trinajstić information content (AvgIpc) is 3.11. The topological polar surface area (TPSA) is 69.0 Å². The van der Waals surface area contributed by atoms with Crippen molar-refractivity contribution in [3.63, 3.8) is 0 Å². The monoisotopic (exact) mass is 356 g/mol. The Balaban J connectivity index is 1.59. The molecular weight excluding hydrogens is 340 g/mol. The van der Waals surface area contributed by atoms with E-state index in [1.165, 1.54) is 7.11 Å². The Kier molecular flexibility index (Phi) is 5.30. The zero-order valence-corrected chi connectivity index (χ0v) is 14.4. The van der Waals surface area contributed by atoms with Crippen LogP contribution in [0.15, 0.2) is 54.9 Å². The summed E-state index contributed by atoms with van der Waals surface area (Å²) in [7, 11) is 1.52. The van der Waals surface area contributed by atoms with E-state index in [1.807, 2.05) is 30.5 Å². The van der Waals surface area contributed by atoms with Gasteiger partial charge in [0, 0.05) is 24.0 Å². The SMILES string of the molecule is COc1ccc(Cl)cc1C(=O)NCCn1ccc(-c2ccccn2)n1. The molecule has 6 nitrogen and oxygen atoms in total. The number of ether oxygens (including phenoxy) is 1. The number of benzene rings is 1. The van der Waals surface area contributed by atoms with E-state index >= 15 is 0 Å². The largest absolute Gasteiger partial charge is 0.496 e. The number of halogens is 1. The molecule has 2 heterocycles. The normalized spacial score (nSPS) is 10.5. The van der Waals surface area contributed by atoms with E-state index in [0.717, 1.165) is 11.4 Å². The lowest BCUT2D eigenvalue weighted by Crippen LogP contribution is -2.27. The summed E-state index contributed by atoms with van der Waals surface area (Å²) in [5.74, 6) is 0.245. The highest BCUT2D eigenvalue weighted by Gasteiger charge is 2.12. The quantitative estimate of drug-likeness (QED) is 0.737. The molecule has 1 amide bonds. The van der Waals surface area contributed by atoms with Crippen molar-refractivity contribution in [1.29, 1.82) is 0 Å². The van der Waals surface area contributed by atoms with Crippen LogP contribution in [0.25, 0.3) is 11.4 Å². The molecule has 1 N–H and O–H groups in total. The number of amides is 1. The maximum absolute atomic E-state index is 12.3. The predicted molar refractivity (Wildman–Crippen MR) is 95.8 cm³/mol. The number of rotatable bonds is 6. The van der Waals surface area contributed by atoms with Gasteiger partial charge in [0.15, 0.2) is 0 Å². The van der Waals surface area contributed by atoms with Gasteiger partial charge in [-0.1, -0.05) is 17.7 Å². The Bertz CT molecular complexity index is 865. The molecule has 3 rings (SSSR count). The van der Waals surface area contributed by atoms with Crippen LogP contribution in [0.1, 0.15) is 10.4 Å². The van der Waals surface area contributed by atoms with Gasteiger partial charge in [0.2, 0.25) is 0 Å². The van der Waals surface area contributed by atoms with Gasteiger partial charge in [0.05, 0.1) is 24.9 Å². The molecule has 0 saturated heterocycles. The van der Waals surface area contributed by atoms with Gasteiger partial charge in [-0.15, -0.1) is 0 Å². The lowest BCUT2D eigenvalue weighted by Gasteiger charge is -2.09. The van der Waals surface area contributed by atoms with Crippen LogP contribution in [-0.4, -0.2) is 34.3 Å². The third kappa shape index (κ3) is 4.16. The van der Waals surface area contributed by atoms with Crippen LogP contribution in [0.4, 0.5) is 0 Å². The third-order valence-electron chi connectivity index (χ3n) is 3.60. The molecule has 1 aromatic carbocycles. The highest BCUT2D eigenvalue weighted by Crippen LogP contribution is 2.22. The van der Waals surface area contributed by atoms with E-state index in [2.05, 4.69) is 15.4 Å². The van der Waals surface area contributed by atoms with Crippen LogP contribution in [-0.2, 0) is 6.54 Å². The Labute approximate surface area is 150 Å². The number of pyridine rings is 1. The minimum absolute atomic E-state index is 0.239. The molecule has 0 aliphatic heterocycles. The molecule has 0 aliphatic carbocycles. The number of hydrogen-bond acceptors (Lipinski definition) is 4. The van der Waals surface area contributed by atoms with Crippen LogP contribution in [0.2, 0.25) is 5.02 Å². The fourth-order valence-electron chi connectivity index (χ4n) is 2.37. The van der Waals surface area contributed by atoms with E-state index < -0.39 is 0 Å². The first-order valence-corrected chi connectivity index (χ1v) is 8.12. The van der Waals surface area contributed by atoms with Crippen molar-refractivity contribution < 1.29 is 9.53 Å². The van der Waals surface area contributed by atoms with Crippen LogP contribution in [0, 0.1) is 0 Å². The first-order valence-electron chi connectivity index (χ1n) is 7.74. The zero-order chi connectivity index (χ0) is 17.6. The smallest absolute Gasteiger partial charge is 0.255 e. The summed E-state index contributed by atoms with van der Waals surface area (Å²) in [6, 6.07) is 12.5. The van der Waals surface area contributed by atoms with Crippen LogP contribution >= 0.6 is 11.6 Å². The fraction of sp³-hybridized carbons (Fsp3) is 0.167. The van der Waals surface area contributed by atoms with E-state index in [4.69, 9.17) is 16.3 Å². The van der Waals surface area contributed by atoms with Crippen molar-refractivity contribution in [3.05, 3.63) is 65.4 Å². The number of carbonyl (C=O) groups is 1. The van der Waals surface area contributed by atoms with E-state index in [9.17, 15) is 4.79 Å². The van der Waals surface area contributed by atoms with Crippen LogP contribution in [0.3, 0.4) is 0 Å². The molecule has 7 heteroatoms. The Morgan fingerprint density at radius 1 is 1.24 bits per heavy atom. The molecule has 2 aromatic heterocycles. The minimum atomic E-state index is -0.239. The van der Waals surface area contributed by atoms with Gasteiger partial charge in [-0.2, -0.15) is 5.10 Å². The molecule has 0 aliphatic rings. The van der Waals surface area contributed by atoms with E-state index in [1.54, 1.807) is 29.1 Å². The molecular formula is C18H17ClN4O2. The van der Waals surface area contributed by atoms with Gasteiger partial charge in [-0.3, -0.25) is 14.5 Å². The number of methoxy groups -OCH3 is 1. The summed E-state index contributed by atoms with van der Waals surface area (Å²) in [4.78, 5) is 16.6. The van der Waals surface area contributed by atoms with Crippen molar-refractivity contribution in [2.75, 3.05) is 13.7 Å². The molecule has 25 heavy (non-hydrogen) atoms. The maximum Gasteiger partial charge on any atom is 0.255 e. The Hall–Kier alpha value is -2.86. The van der Waals surface area contributed by atoms with Gasteiger partial charge >= 0.3 is 0 Å². The summed E-state index contributed by atoms with van der Waals surface area (Å²) in [6.07, 6.45) is 3.59. The number of aromatic nitrogens is 3. The molecule has 0 saturated carbocycles. The minimum Gasteiger partial charge on any atom is -0.496 e. The molecule has 0 atom stereocenters. The highest BCUT2D eigenvalue weighted by atomic mass is 35.5. The van der Waals surface area contributed by atoms with Gasteiger partial charge < -0.3 is 10.1 Å². The lowest BCUT2D eigenvalue weighted by molar-refractivity contribution is 0.0949. The number of hydrogen-bond donors (Lipinski definition) is 1. The van der Waals surface area contributed by atoms with E-state index in [0.29, 0.717) is 29.4 Å². The van der Waals surface area contributed by atoms with Crippen LogP contribution < -0.4 is 10.1 Å². The molecule has 0 spiro atoms. The zero-order valence-electron chi connectivity index (χ0n) is 13.6. The molecule has 128 valence electrons. The standard InChI is InChI=1S/C18H17ClN4O2/c1-25-17-6-5-13(19)12-14(17)18(24)21-9-11-23-10-7-16(22-23)15-4-2-3-8-20-15/h2-8,10,12H,9,11H2,1H3,(H,21,24). The summed E-state index contributed by atoms with van der Waals surface area (Å²) >= 11 is 5.95. The van der Waals surface area contributed by atoms with Gasteiger partial charge in [-0.05, 0) is 36.4 Å². The summed E-state index contributed by atoms with van der Waals surface area (Å²) in [5.41, 5.74) is 2.02. The van der Waals surface area contributed by atoms with Crippen molar-refractivity contribution in [2.45, 2.75) is 6.54 Å². The second-order valence-electron chi connectivity index (χ2n) is 5.28. The number of carbonyl (C=O) groups excluding carboxylic acids is 1. The van der Waals surface area contributed by atoms with E-state index in [-0.39, 0.29) is 5.91 Å². The first-order chi connectivity index (χ1) is 12.2. The van der Waals surface area contributed by atoms with Crippen molar-refractivity contribution in [3.8, 4) is 17.1 Å². The maximum atomic E-state index is 12.3. The van der Waals surface area contributed by atoms with Crippen molar-refractivity contribution >= 4 is 17.5 Å². The first kappa shape index (κ1) is 17.0.